The van der Waals surface area contributed by atoms with Gasteiger partial charge in [-0.25, -0.2) is 9.59 Å². The Kier molecular flexibility index (Phi) is 4.70. The number of carboxylic acids is 2. The fourth-order valence-electron chi connectivity index (χ4n) is 2.50. The first kappa shape index (κ1) is 17.3. The van der Waals surface area contributed by atoms with E-state index >= 15 is 0 Å². The van der Waals surface area contributed by atoms with Crippen molar-refractivity contribution in [1.82, 2.24) is 0 Å². The molecule has 110 valence electrons. The van der Waals surface area contributed by atoms with E-state index in [-0.39, 0.29) is 60.0 Å². The first-order valence-electron chi connectivity index (χ1n) is 6.25. The molecule has 0 aromatic heterocycles. The molecule has 0 amide bonds. The Hall–Kier alpha value is -2.02. The predicted molar refractivity (Wildman–Crippen MR) is 79.4 cm³/mol. The van der Waals surface area contributed by atoms with Crippen molar-refractivity contribution in [2.75, 3.05) is 0 Å². The zero-order chi connectivity index (χ0) is 16.0. The van der Waals surface area contributed by atoms with Crippen LogP contribution in [0.3, 0.4) is 0 Å². The van der Waals surface area contributed by atoms with Gasteiger partial charge in [0.05, 0.1) is 11.1 Å². The summed E-state index contributed by atoms with van der Waals surface area (Å²) >= 11 is 0. The number of fused-ring (bicyclic) bond motifs is 2. The average molecular weight is 336 g/mol. The Morgan fingerprint density at radius 2 is 1.04 bits per heavy atom. The van der Waals surface area contributed by atoms with Crippen LogP contribution in [0.25, 0.3) is 0 Å². The predicted octanol–water partition coefficient (Wildman–Crippen LogP) is 1.48. The monoisotopic (exact) mass is 336 g/mol. The van der Waals surface area contributed by atoms with Gasteiger partial charge in [-0.15, -0.1) is 0 Å². The SMILES string of the molecule is O=C(O)c1cc2c(cc1C(=O)O)C(=O)c1ccccc1C2=O.[Ca]. The van der Waals surface area contributed by atoms with Gasteiger partial charge in [0, 0.05) is 60.0 Å². The fourth-order valence-corrected chi connectivity index (χ4v) is 2.50. The Morgan fingerprint density at radius 3 is 1.35 bits per heavy atom. The Balaban J connectivity index is 0.00000192. The number of rotatable bonds is 2. The smallest absolute Gasteiger partial charge is 0.336 e. The van der Waals surface area contributed by atoms with Gasteiger partial charge in [-0.2, -0.15) is 0 Å². The van der Waals surface area contributed by atoms with Gasteiger partial charge in [0.15, 0.2) is 11.6 Å². The molecule has 0 unspecified atom stereocenters. The van der Waals surface area contributed by atoms with E-state index in [0.717, 1.165) is 12.1 Å². The molecule has 0 atom stereocenters. The Morgan fingerprint density at radius 1 is 0.696 bits per heavy atom. The molecule has 7 heteroatoms. The molecule has 0 saturated heterocycles. The van der Waals surface area contributed by atoms with Gasteiger partial charge in [0.2, 0.25) is 0 Å². The van der Waals surface area contributed by atoms with Crippen LogP contribution in [0.4, 0.5) is 0 Å². The van der Waals surface area contributed by atoms with E-state index in [1.54, 1.807) is 12.1 Å². The second kappa shape index (κ2) is 6.23. The molecule has 3 rings (SSSR count). The minimum Gasteiger partial charge on any atom is -0.478 e. The van der Waals surface area contributed by atoms with Crippen molar-refractivity contribution < 1.29 is 29.4 Å². The molecule has 0 heterocycles. The zero-order valence-corrected chi connectivity index (χ0v) is 13.9. The van der Waals surface area contributed by atoms with Crippen molar-refractivity contribution in [3.8, 4) is 0 Å². The number of hydrogen-bond acceptors (Lipinski definition) is 4. The van der Waals surface area contributed by atoms with E-state index in [0.29, 0.717) is 0 Å². The van der Waals surface area contributed by atoms with Crippen LogP contribution in [0.2, 0.25) is 0 Å². The first-order chi connectivity index (χ1) is 10.4. The second-order valence-electron chi connectivity index (χ2n) is 4.76. The van der Waals surface area contributed by atoms with E-state index in [2.05, 4.69) is 0 Å². The van der Waals surface area contributed by atoms with Gasteiger partial charge in [-0.05, 0) is 12.1 Å². The summed E-state index contributed by atoms with van der Waals surface area (Å²) in [6, 6.07) is 8.06. The molecule has 0 spiro atoms. The molecule has 2 radical (unpaired) electrons. The number of carboxylic acid groups (broad SMARTS) is 2. The van der Waals surface area contributed by atoms with Crippen molar-refractivity contribution in [2.45, 2.75) is 0 Å². The van der Waals surface area contributed by atoms with Gasteiger partial charge >= 0.3 is 11.9 Å². The van der Waals surface area contributed by atoms with Crippen molar-refractivity contribution in [2.24, 2.45) is 0 Å². The number of hydrogen-bond donors (Lipinski definition) is 2. The minimum absolute atomic E-state index is 0. The van der Waals surface area contributed by atoms with Crippen LogP contribution in [-0.4, -0.2) is 71.5 Å². The van der Waals surface area contributed by atoms with Gasteiger partial charge in [0.1, 0.15) is 0 Å². The molecule has 23 heavy (non-hydrogen) atoms. The van der Waals surface area contributed by atoms with Crippen LogP contribution in [0, 0.1) is 0 Å². The quantitative estimate of drug-likeness (QED) is 0.686. The van der Waals surface area contributed by atoms with Gasteiger partial charge in [-0.1, -0.05) is 24.3 Å². The molecule has 1 aliphatic rings. The molecular weight excluding hydrogens is 328 g/mol. The van der Waals surface area contributed by atoms with E-state index in [9.17, 15) is 19.2 Å². The van der Waals surface area contributed by atoms with Gasteiger partial charge < -0.3 is 10.2 Å². The standard InChI is InChI=1S/C16H8O6.Ca/c17-13-7-3-1-2-4-8(7)14(18)10-6-12(16(21)22)11(15(19)20)5-9(10)13;/h1-6H,(H,19,20)(H,21,22);. The number of ketones is 2. The van der Waals surface area contributed by atoms with E-state index in [1.165, 1.54) is 12.1 Å². The normalized spacial score (nSPS) is 12.0. The molecule has 2 N–H and O–H groups in total. The zero-order valence-electron chi connectivity index (χ0n) is 11.7. The number of carbonyl (C=O) groups is 4. The molecule has 0 fully saturated rings. The summed E-state index contributed by atoms with van der Waals surface area (Å²) < 4.78 is 0. The van der Waals surface area contributed by atoms with Crippen LogP contribution in [-0.2, 0) is 0 Å². The number of benzene rings is 2. The van der Waals surface area contributed by atoms with Crippen molar-refractivity contribution in [1.29, 1.82) is 0 Å². The maximum Gasteiger partial charge on any atom is 0.336 e. The maximum absolute atomic E-state index is 12.4. The van der Waals surface area contributed by atoms with Gasteiger partial charge in [0.25, 0.3) is 0 Å². The minimum atomic E-state index is -1.47. The van der Waals surface area contributed by atoms with Crippen molar-refractivity contribution in [3.05, 3.63) is 69.8 Å². The molecule has 2 aromatic carbocycles. The summed E-state index contributed by atoms with van der Waals surface area (Å²) in [6.45, 7) is 0. The number of carbonyl (C=O) groups excluding carboxylic acids is 2. The third kappa shape index (κ3) is 2.69. The first-order valence-corrected chi connectivity index (χ1v) is 6.25. The molecule has 1 aliphatic carbocycles. The van der Waals surface area contributed by atoms with Crippen LogP contribution in [0.5, 0.6) is 0 Å². The Labute approximate surface area is 159 Å². The summed E-state index contributed by atoms with van der Waals surface area (Å²) in [4.78, 5) is 47.2. The van der Waals surface area contributed by atoms with Crippen LogP contribution >= 0.6 is 0 Å². The summed E-state index contributed by atoms with van der Waals surface area (Å²) in [6.07, 6.45) is 0. The topological polar surface area (TPSA) is 109 Å². The number of aromatic carboxylic acids is 2. The summed E-state index contributed by atoms with van der Waals surface area (Å²) in [7, 11) is 0. The second-order valence-corrected chi connectivity index (χ2v) is 4.76. The molecule has 0 bridgehead atoms. The fraction of sp³-hybridized carbons (Fsp3) is 0. The summed E-state index contributed by atoms with van der Waals surface area (Å²) in [5.74, 6) is -3.94. The van der Waals surface area contributed by atoms with E-state index < -0.39 is 34.6 Å². The molecule has 0 aliphatic heterocycles. The Bertz CT molecular complexity index is 812. The largest absolute Gasteiger partial charge is 0.478 e. The van der Waals surface area contributed by atoms with E-state index in [1.807, 2.05) is 0 Å². The summed E-state index contributed by atoms with van der Waals surface area (Å²) in [5.41, 5.74) is -0.866. The van der Waals surface area contributed by atoms with Crippen LogP contribution in [0.15, 0.2) is 36.4 Å². The molecular formula is C16H8CaO6. The van der Waals surface area contributed by atoms with Crippen LogP contribution in [0.1, 0.15) is 52.6 Å². The molecule has 0 saturated carbocycles. The van der Waals surface area contributed by atoms with E-state index in [4.69, 9.17) is 10.2 Å². The average Bonchev–Trinajstić information content (AvgIpc) is 2.51. The van der Waals surface area contributed by atoms with Gasteiger partial charge in [-0.3, -0.25) is 9.59 Å². The van der Waals surface area contributed by atoms with Crippen LogP contribution < -0.4 is 0 Å². The summed E-state index contributed by atoms with van der Waals surface area (Å²) in [5, 5.41) is 18.2. The van der Waals surface area contributed by atoms with Crippen molar-refractivity contribution >= 4 is 61.2 Å². The van der Waals surface area contributed by atoms with Crippen molar-refractivity contribution in [3.63, 3.8) is 0 Å². The maximum atomic E-state index is 12.4. The third-order valence-corrected chi connectivity index (χ3v) is 3.52. The molecule has 2 aromatic rings. The third-order valence-electron chi connectivity index (χ3n) is 3.52. The molecule has 6 nitrogen and oxygen atoms in total.